The van der Waals surface area contributed by atoms with Gasteiger partial charge in [-0.3, -0.25) is 4.18 Å². The van der Waals surface area contributed by atoms with Crippen LogP contribution in [-0.4, -0.2) is 28.6 Å². The van der Waals surface area contributed by atoms with Crippen molar-refractivity contribution < 1.29 is 13.7 Å². The van der Waals surface area contributed by atoms with E-state index in [0.717, 1.165) is 18.6 Å². The van der Waals surface area contributed by atoms with Crippen molar-refractivity contribution in [3.63, 3.8) is 0 Å². The van der Waals surface area contributed by atoms with Crippen LogP contribution in [0.4, 0.5) is 4.79 Å². The van der Waals surface area contributed by atoms with Crippen molar-refractivity contribution in [1.82, 2.24) is 4.31 Å². The highest BCUT2D eigenvalue weighted by Gasteiger charge is 2.34. The van der Waals surface area contributed by atoms with Crippen LogP contribution >= 0.6 is 12.2 Å². The summed E-state index contributed by atoms with van der Waals surface area (Å²) in [5, 5.41) is 0. The smallest absolute Gasteiger partial charge is 0.422 e. The van der Waals surface area contributed by atoms with Crippen molar-refractivity contribution in [2.45, 2.75) is 38.8 Å². The summed E-state index contributed by atoms with van der Waals surface area (Å²) < 4.78 is 12.3. The van der Waals surface area contributed by atoms with Gasteiger partial charge in [-0.1, -0.05) is 30.3 Å². The minimum absolute atomic E-state index is 0.0160. The Morgan fingerprint density at radius 1 is 1.42 bits per heavy atom. The van der Waals surface area contributed by atoms with E-state index in [2.05, 4.69) is 12.1 Å². The highest BCUT2D eigenvalue weighted by atomic mass is 32.2. The summed E-state index contributed by atoms with van der Waals surface area (Å²) in [5.74, 6) is 0. The van der Waals surface area contributed by atoms with Crippen LogP contribution < -0.4 is 0 Å². The van der Waals surface area contributed by atoms with Gasteiger partial charge in [-0.15, -0.1) is 0 Å². The van der Waals surface area contributed by atoms with E-state index in [4.69, 9.17) is 8.92 Å². The second-order valence-electron chi connectivity index (χ2n) is 5.51. The zero-order chi connectivity index (χ0) is 13.9. The molecule has 0 N–H and O–H groups in total. The van der Waals surface area contributed by atoms with Crippen LogP contribution in [0.2, 0.25) is 0 Å². The molecule has 0 spiro atoms. The van der Waals surface area contributed by atoms with Gasteiger partial charge in [0.15, 0.2) is 0 Å². The molecule has 2 rings (SSSR count). The average Bonchev–Trinajstić information content (AvgIpc) is 2.76. The first-order valence-electron chi connectivity index (χ1n) is 6.31. The molecule has 0 saturated carbocycles. The number of rotatable bonds is 2. The number of ether oxygens (including phenoxy) is 1. The summed E-state index contributed by atoms with van der Waals surface area (Å²) in [6.07, 6.45) is 0.434. The Bertz CT molecular complexity index is 430. The molecule has 1 unspecified atom stereocenters. The zero-order valence-corrected chi connectivity index (χ0v) is 12.3. The molecule has 1 aromatic carbocycles. The molecule has 0 aromatic heterocycles. The molecule has 104 valence electrons. The number of carbonyl (C=O) groups is 1. The summed E-state index contributed by atoms with van der Waals surface area (Å²) in [4.78, 5) is 12.1. The average molecular weight is 281 g/mol. The van der Waals surface area contributed by atoms with E-state index < -0.39 is 5.60 Å². The lowest BCUT2D eigenvalue weighted by Crippen LogP contribution is -2.38. The molecule has 19 heavy (non-hydrogen) atoms. The molecular weight excluding hydrogens is 262 g/mol. The van der Waals surface area contributed by atoms with Gasteiger partial charge >= 0.3 is 6.09 Å². The second-order valence-corrected chi connectivity index (χ2v) is 6.29. The lowest BCUT2D eigenvalue weighted by Gasteiger charge is -2.25. The highest BCUT2D eigenvalue weighted by Crippen LogP contribution is 2.29. The molecule has 4 nitrogen and oxygen atoms in total. The fourth-order valence-electron chi connectivity index (χ4n) is 1.81. The lowest BCUT2D eigenvalue weighted by atomic mass is 10.1. The van der Waals surface area contributed by atoms with Crippen LogP contribution in [0.1, 0.15) is 26.3 Å². The van der Waals surface area contributed by atoms with Crippen molar-refractivity contribution in [2.75, 3.05) is 6.61 Å². The third-order valence-electron chi connectivity index (χ3n) is 2.61. The Labute approximate surface area is 118 Å². The fourth-order valence-corrected chi connectivity index (χ4v) is 2.50. The van der Waals surface area contributed by atoms with Crippen molar-refractivity contribution >= 4 is 18.3 Å². The number of carbonyl (C=O) groups excluding carboxylic acids is 1. The molecule has 1 aliphatic heterocycles. The van der Waals surface area contributed by atoms with Gasteiger partial charge in [0.05, 0.1) is 12.6 Å². The maximum absolute atomic E-state index is 12.1. The van der Waals surface area contributed by atoms with Gasteiger partial charge in [0.25, 0.3) is 0 Å². The summed E-state index contributed by atoms with van der Waals surface area (Å²) in [6, 6.07) is 10.1. The van der Waals surface area contributed by atoms with Gasteiger partial charge in [-0.05, 0) is 32.8 Å². The first kappa shape index (κ1) is 14.2. The van der Waals surface area contributed by atoms with E-state index in [9.17, 15) is 4.79 Å². The summed E-state index contributed by atoms with van der Waals surface area (Å²) >= 11 is 1.08. The SMILES string of the molecule is CC(C)(C)OC(=O)N1SOCC1Cc1ccccc1. The van der Waals surface area contributed by atoms with E-state index in [0.29, 0.717) is 6.61 Å². The van der Waals surface area contributed by atoms with Gasteiger partial charge in [-0.25, -0.2) is 9.10 Å². The monoisotopic (exact) mass is 281 g/mol. The van der Waals surface area contributed by atoms with Crippen LogP contribution in [0.5, 0.6) is 0 Å². The Morgan fingerprint density at radius 2 is 2.11 bits per heavy atom. The van der Waals surface area contributed by atoms with Crippen molar-refractivity contribution in [3.05, 3.63) is 35.9 Å². The third kappa shape index (κ3) is 4.14. The number of hydrogen-bond acceptors (Lipinski definition) is 4. The molecule has 1 atom stereocenters. The molecular formula is C14H19NO3S. The Hall–Kier alpha value is -1.20. The molecule has 5 heteroatoms. The zero-order valence-electron chi connectivity index (χ0n) is 11.5. The van der Waals surface area contributed by atoms with Crippen LogP contribution in [0.25, 0.3) is 0 Å². The van der Waals surface area contributed by atoms with Crippen molar-refractivity contribution in [3.8, 4) is 0 Å². The number of nitrogens with zero attached hydrogens (tertiary/aromatic N) is 1. The topological polar surface area (TPSA) is 38.8 Å². The Morgan fingerprint density at radius 3 is 2.74 bits per heavy atom. The van der Waals surface area contributed by atoms with E-state index in [-0.39, 0.29) is 12.1 Å². The molecule has 0 aliphatic carbocycles. The van der Waals surface area contributed by atoms with Gasteiger partial charge < -0.3 is 4.74 Å². The third-order valence-corrected chi connectivity index (χ3v) is 3.46. The molecule has 1 heterocycles. The molecule has 1 aromatic rings. The summed E-state index contributed by atoms with van der Waals surface area (Å²) in [6.45, 7) is 6.11. The maximum Gasteiger partial charge on any atom is 0.422 e. The highest BCUT2D eigenvalue weighted by molar-refractivity contribution is 7.93. The normalized spacial score (nSPS) is 19.5. The lowest BCUT2D eigenvalue weighted by molar-refractivity contribution is 0.0368. The number of hydrogen-bond donors (Lipinski definition) is 0. The van der Waals surface area contributed by atoms with Crippen LogP contribution in [-0.2, 0) is 15.3 Å². The summed E-state index contributed by atoms with van der Waals surface area (Å²) in [7, 11) is 0. The molecule has 0 bridgehead atoms. The number of amides is 1. The van der Waals surface area contributed by atoms with Gasteiger partial charge in [0, 0.05) is 0 Å². The van der Waals surface area contributed by atoms with Crippen molar-refractivity contribution in [1.29, 1.82) is 0 Å². The summed E-state index contributed by atoms with van der Waals surface area (Å²) in [5.41, 5.74) is 0.699. The predicted octanol–water partition coefficient (Wildman–Crippen LogP) is 3.43. The quantitative estimate of drug-likeness (QED) is 0.615. The van der Waals surface area contributed by atoms with E-state index in [1.165, 1.54) is 5.56 Å². The first-order valence-corrected chi connectivity index (χ1v) is 7.01. The largest absolute Gasteiger partial charge is 0.443 e. The van der Waals surface area contributed by atoms with E-state index >= 15 is 0 Å². The molecule has 1 saturated heterocycles. The minimum Gasteiger partial charge on any atom is -0.443 e. The van der Waals surface area contributed by atoms with Crippen molar-refractivity contribution in [2.24, 2.45) is 0 Å². The molecule has 1 fully saturated rings. The molecule has 1 aliphatic rings. The first-order chi connectivity index (χ1) is 8.96. The Kier molecular flexibility index (Phi) is 4.37. The van der Waals surface area contributed by atoms with Gasteiger partial charge in [0.2, 0.25) is 0 Å². The van der Waals surface area contributed by atoms with Crippen LogP contribution in [0.3, 0.4) is 0 Å². The molecule has 0 radical (unpaired) electrons. The van der Waals surface area contributed by atoms with Crippen LogP contribution in [0, 0.1) is 0 Å². The van der Waals surface area contributed by atoms with Gasteiger partial charge in [-0.2, -0.15) is 0 Å². The molecule has 1 amide bonds. The fraction of sp³-hybridized carbons (Fsp3) is 0.500. The number of benzene rings is 1. The van der Waals surface area contributed by atoms with Crippen LogP contribution in [0.15, 0.2) is 30.3 Å². The Balaban J connectivity index is 1.99. The maximum atomic E-state index is 12.1. The van der Waals surface area contributed by atoms with E-state index in [1.54, 1.807) is 4.31 Å². The van der Waals surface area contributed by atoms with E-state index in [1.807, 2.05) is 39.0 Å². The predicted molar refractivity (Wildman–Crippen MR) is 75.6 cm³/mol. The minimum atomic E-state index is -0.489. The second kappa shape index (κ2) is 5.84. The standard InChI is InChI=1S/C14H19NO3S/c1-14(2,3)18-13(16)15-12(10-17-19-15)9-11-7-5-4-6-8-11/h4-8,12H,9-10H2,1-3H3. The van der Waals surface area contributed by atoms with Gasteiger partial charge in [0.1, 0.15) is 17.8 Å².